The number of piperidine rings is 1. The van der Waals surface area contributed by atoms with E-state index in [4.69, 9.17) is 11.6 Å². The molecule has 2 aromatic rings. The molecule has 0 radical (unpaired) electrons. The molecule has 26 heavy (non-hydrogen) atoms. The molecule has 3 rings (SSSR count). The highest BCUT2D eigenvalue weighted by Gasteiger charge is 2.15. The van der Waals surface area contributed by atoms with Crippen LogP contribution in [-0.4, -0.2) is 25.0 Å². The molecule has 0 bridgehead atoms. The van der Waals surface area contributed by atoms with E-state index in [2.05, 4.69) is 27.7 Å². The van der Waals surface area contributed by atoms with Gasteiger partial charge in [-0.25, -0.2) is 4.39 Å². The molecule has 1 unspecified atom stereocenters. The molecule has 1 fully saturated rings. The van der Waals surface area contributed by atoms with Crippen molar-refractivity contribution in [2.45, 2.75) is 32.2 Å². The lowest BCUT2D eigenvalue weighted by Gasteiger charge is -2.29. The maximum Gasteiger partial charge on any atom is 0.246 e. The number of hydrogen-bond acceptors (Lipinski definition) is 3. The van der Waals surface area contributed by atoms with Crippen LogP contribution >= 0.6 is 11.6 Å². The topological polar surface area (TPSA) is 44.4 Å². The van der Waals surface area contributed by atoms with Gasteiger partial charge < -0.3 is 15.5 Å². The van der Waals surface area contributed by atoms with Gasteiger partial charge in [0.2, 0.25) is 5.91 Å². The van der Waals surface area contributed by atoms with Crippen LogP contribution in [0, 0.1) is 5.82 Å². The number of nitrogens with one attached hydrogen (secondary N) is 2. The Morgan fingerprint density at radius 3 is 2.46 bits per heavy atom. The molecule has 0 aromatic heterocycles. The molecular weight excluding hydrogens is 353 g/mol. The molecule has 138 valence electrons. The van der Waals surface area contributed by atoms with Crippen LogP contribution in [0.4, 0.5) is 21.5 Å². The normalized spacial score (nSPS) is 15.4. The van der Waals surface area contributed by atoms with Crippen molar-refractivity contribution in [1.82, 2.24) is 0 Å². The molecule has 0 aliphatic carbocycles. The van der Waals surface area contributed by atoms with Gasteiger partial charge in [0.05, 0.1) is 10.7 Å². The van der Waals surface area contributed by atoms with Gasteiger partial charge >= 0.3 is 0 Å². The van der Waals surface area contributed by atoms with E-state index in [0.29, 0.717) is 5.69 Å². The maximum atomic E-state index is 13.1. The maximum absolute atomic E-state index is 13.1. The fourth-order valence-electron chi connectivity index (χ4n) is 3.07. The van der Waals surface area contributed by atoms with Crippen LogP contribution in [0.25, 0.3) is 0 Å². The van der Waals surface area contributed by atoms with Gasteiger partial charge in [0.15, 0.2) is 0 Å². The number of amides is 1. The van der Waals surface area contributed by atoms with Crippen molar-refractivity contribution in [3.8, 4) is 0 Å². The van der Waals surface area contributed by atoms with E-state index in [9.17, 15) is 9.18 Å². The van der Waals surface area contributed by atoms with Crippen LogP contribution in [0.1, 0.15) is 26.2 Å². The number of carbonyl (C=O) groups is 1. The molecular formula is C20H23ClFN3O. The Morgan fingerprint density at radius 2 is 1.81 bits per heavy atom. The van der Waals surface area contributed by atoms with Crippen LogP contribution in [0.2, 0.25) is 5.02 Å². The lowest BCUT2D eigenvalue weighted by Crippen LogP contribution is -2.32. The van der Waals surface area contributed by atoms with Gasteiger partial charge in [0.1, 0.15) is 11.9 Å². The Hall–Kier alpha value is -2.27. The highest BCUT2D eigenvalue weighted by Crippen LogP contribution is 2.24. The second kappa shape index (κ2) is 8.41. The average Bonchev–Trinajstić information content (AvgIpc) is 2.65. The van der Waals surface area contributed by atoms with Crippen molar-refractivity contribution in [3.63, 3.8) is 0 Å². The Bertz CT molecular complexity index is 760. The van der Waals surface area contributed by atoms with Crippen molar-refractivity contribution in [2.24, 2.45) is 0 Å². The van der Waals surface area contributed by atoms with Gasteiger partial charge in [-0.15, -0.1) is 0 Å². The molecule has 1 saturated heterocycles. The summed E-state index contributed by atoms with van der Waals surface area (Å²) < 4.78 is 13.1. The zero-order valence-electron chi connectivity index (χ0n) is 14.8. The molecule has 1 aliphatic heterocycles. The van der Waals surface area contributed by atoms with Gasteiger partial charge in [0, 0.05) is 24.5 Å². The minimum absolute atomic E-state index is 0.177. The summed E-state index contributed by atoms with van der Waals surface area (Å²) in [5.74, 6) is -0.674. The number of rotatable bonds is 5. The summed E-state index contributed by atoms with van der Waals surface area (Å²) in [6.07, 6.45) is 3.78. The third-order valence-corrected chi connectivity index (χ3v) is 4.87. The number of carbonyl (C=O) groups excluding carboxylic acids is 1. The first-order valence-corrected chi connectivity index (χ1v) is 9.28. The Kier molecular flexibility index (Phi) is 5.99. The molecule has 0 saturated carbocycles. The molecule has 6 heteroatoms. The van der Waals surface area contributed by atoms with E-state index >= 15 is 0 Å². The molecule has 2 aromatic carbocycles. The fourth-order valence-corrected chi connectivity index (χ4v) is 3.28. The van der Waals surface area contributed by atoms with Gasteiger partial charge in [0.25, 0.3) is 0 Å². The van der Waals surface area contributed by atoms with Crippen molar-refractivity contribution in [2.75, 3.05) is 28.6 Å². The Balaban J connectivity index is 1.58. The number of anilines is 3. The van der Waals surface area contributed by atoms with Gasteiger partial charge in [-0.2, -0.15) is 0 Å². The van der Waals surface area contributed by atoms with E-state index in [0.717, 1.165) is 18.8 Å². The highest BCUT2D eigenvalue weighted by molar-refractivity contribution is 6.33. The number of halogens is 2. The van der Waals surface area contributed by atoms with Crippen molar-refractivity contribution in [3.05, 3.63) is 53.3 Å². The van der Waals surface area contributed by atoms with E-state index in [-0.39, 0.29) is 10.9 Å². The lowest BCUT2D eigenvalue weighted by atomic mass is 10.1. The first-order chi connectivity index (χ1) is 12.5. The van der Waals surface area contributed by atoms with Crippen LogP contribution < -0.4 is 15.5 Å². The number of nitrogens with zero attached hydrogens (tertiary/aromatic N) is 1. The van der Waals surface area contributed by atoms with Gasteiger partial charge in [-0.3, -0.25) is 4.79 Å². The molecule has 0 spiro atoms. The van der Waals surface area contributed by atoms with Gasteiger partial charge in [-0.05, 0) is 68.7 Å². The standard InChI is InChI=1S/C20H23ClFN3O/c1-14(20(26)24-19-10-5-15(22)13-18(19)21)23-16-6-8-17(9-7-16)25-11-3-2-4-12-25/h5-10,13-14,23H,2-4,11-12H2,1H3,(H,24,26). The monoisotopic (exact) mass is 375 g/mol. The van der Waals surface area contributed by atoms with Gasteiger partial charge in [-0.1, -0.05) is 11.6 Å². The average molecular weight is 376 g/mol. The fraction of sp³-hybridized carbons (Fsp3) is 0.350. The molecule has 4 nitrogen and oxygen atoms in total. The molecule has 2 N–H and O–H groups in total. The van der Waals surface area contributed by atoms with Crippen molar-refractivity contribution < 1.29 is 9.18 Å². The predicted octanol–water partition coefficient (Wildman–Crippen LogP) is 4.91. The summed E-state index contributed by atoms with van der Waals surface area (Å²) in [6.45, 7) is 3.97. The third kappa shape index (κ3) is 4.67. The summed E-state index contributed by atoms with van der Waals surface area (Å²) in [4.78, 5) is 14.7. The number of benzene rings is 2. The van der Waals surface area contributed by atoms with E-state index < -0.39 is 11.9 Å². The SMILES string of the molecule is CC(Nc1ccc(N2CCCCC2)cc1)C(=O)Nc1ccc(F)cc1Cl. The minimum Gasteiger partial charge on any atom is -0.374 e. The van der Waals surface area contributed by atoms with E-state index in [1.165, 1.54) is 43.1 Å². The second-order valence-corrected chi connectivity index (χ2v) is 6.98. The summed E-state index contributed by atoms with van der Waals surface area (Å²) in [6, 6.07) is 11.6. The van der Waals surface area contributed by atoms with Crippen LogP contribution in [0.15, 0.2) is 42.5 Å². The molecule has 1 amide bonds. The Labute approximate surface area is 158 Å². The molecule has 1 atom stereocenters. The summed E-state index contributed by atoms with van der Waals surface area (Å²) in [5.41, 5.74) is 2.48. The van der Waals surface area contributed by atoms with Crippen LogP contribution in [0.5, 0.6) is 0 Å². The highest BCUT2D eigenvalue weighted by atomic mass is 35.5. The Morgan fingerprint density at radius 1 is 1.12 bits per heavy atom. The van der Waals surface area contributed by atoms with Crippen molar-refractivity contribution >= 4 is 34.6 Å². The summed E-state index contributed by atoms with van der Waals surface area (Å²) in [7, 11) is 0. The summed E-state index contributed by atoms with van der Waals surface area (Å²) in [5, 5.41) is 6.06. The van der Waals surface area contributed by atoms with Crippen LogP contribution in [0.3, 0.4) is 0 Å². The van der Waals surface area contributed by atoms with Crippen LogP contribution in [-0.2, 0) is 4.79 Å². The van der Waals surface area contributed by atoms with E-state index in [1.54, 1.807) is 6.92 Å². The second-order valence-electron chi connectivity index (χ2n) is 6.57. The van der Waals surface area contributed by atoms with E-state index in [1.807, 2.05) is 12.1 Å². The zero-order valence-corrected chi connectivity index (χ0v) is 15.5. The third-order valence-electron chi connectivity index (χ3n) is 4.55. The largest absolute Gasteiger partial charge is 0.374 e. The number of hydrogen-bond donors (Lipinski definition) is 2. The zero-order chi connectivity index (χ0) is 18.5. The molecule has 1 aliphatic rings. The summed E-state index contributed by atoms with van der Waals surface area (Å²) >= 11 is 5.95. The lowest BCUT2D eigenvalue weighted by molar-refractivity contribution is -0.116. The minimum atomic E-state index is -0.461. The smallest absolute Gasteiger partial charge is 0.246 e. The first kappa shape index (κ1) is 18.5. The quantitative estimate of drug-likeness (QED) is 0.780. The van der Waals surface area contributed by atoms with Crippen molar-refractivity contribution in [1.29, 1.82) is 0 Å². The molecule has 1 heterocycles. The first-order valence-electron chi connectivity index (χ1n) is 8.90. The predicted molar refractivity (Wildman–Crippen MR) is 106 cm³/mol.